The van der Waals surface area contributed by atoms with Gasteiger partial charge in [-0.25, -0.2) is 0 Å². The van der Waals surface area contributed by atoms with Crippen LogP contribution in [-0.2, 0) is 9.13 Å². The van der Waals surface area contributed by atoms with Crippen LogP contribution in [-0.4, -0.2) is 44.3 Å². The van der Waals surface area contributed by atoms with Gasteiger partial charge in [0.1, 0.15) is 20.6 Å². The lowest BCUT2D eigenvalue weighted by molar-refractivity contribution is -0.205. The van der Waals surface area contributed by atoms with Gasteiger partial charge in [-0.15, -0.1) is 0 Å². The monoisotopic (exact) mass is 481 g/mol. The van der Waals surface area contributed by atoms with Crippen LogP contribution in [0.4, 0.5) is 5.69 Å². The highest BCUT2D eigenvalue weighted by Crippen LogP contribution is 2.54. The second kappa shape index (κ2) is 10.8. The summed E-state index contributed by atoms with van der Waals surface area (Å²) in [6, 6.07) is 10.3. The molecule has 0 saturated heterocycles. The van der Waals surface area contributed by atoms with Crippen molar-refractivity contribution >= 4 is 32.4 Å². The zero-order valence-corrected chi connectivity index (χ0v) is 18.4. The highest BCUT2D eigenvalue weighted by Gasteiger charge is 2.31. The van der Waals surface area contributed by atoms with Gasteiger partial charge in [-0.05, 0) is 18.2 Å². The van der Waals surface area contributed by atoms with Crippen LogP contribution in [0.15, 0.2) is 42.5 Å². The number of quaternary nitrogens is 2. The summed E-state index contributed by atoms with van der Waals surface area (Å²) in [5, 5.41) is -0.00594. The van der Waals surface area contributed by atoms with Gasteiger partial charge in [-0.2, -0.15) is 0 Å². The highest BCUT2D eigenvalue weighted by molar-refractivity contribution is 7.69. The molecule has 174 valence electrons. The van der Waals surface area contributed by atoms with Crippen molar-refractivity contribution in [3.05, 3.63) is 64.7 Å². The molecule has 0 amide bonds. The number of carbonyl (C=O) groups excluding carboxylic acids is 2. The molecule has 0 radical (unpaired) electrons. The first kappa shape index (κ1) is 30.9. The molecule has 13 nitrogen and oxygen atoms in total. The summed E-state index contributed by atoms with van der Waals surface area (Å²) in [7, 11) is -10.8. The second-order valence-corrected chi connectivity index (χ2v) is 9.86. The summed E-state index contributed by atoms with van der Waals surface area (Å²) in [6.45, 7) is -0.841. The third-order valence-corrected chi connectivity index (χ3v) is 7.79. The fraction of sp³-hybridized carbons (Fsp3) is 0.125. The van der Waals surface area contributed by atoms with Gasteiger partial charge < -0.3 is 57.3 Å². The molecule has 0 aromatic heterocycles. The number of anilines is 1. The molecule has 15 heteroatoms. The predicted molar refractivity (Wildman–Crippen MR) is 111 cm³/mol. The highest BCUT2D eigenvalue weighted by atomic mass is 31.2. The van der Waals surface area contributed by atoms with Crippen LogP contribution in [0.1, 0.15) is 31.8 Å². The molecule has 3 rings (SSSR count). The molecule has 0 heterocycles. The van der Waals surface area contributed by atoms with Crippen LogP contribution < -0.4 is 27.4 Å². The van der Waals surface area contributed by atoms with Crippen molar-refractivity contribution in [2.45, 2.75) is 5.40 Å². The number of fused-ring (bicyclic) bond motifs is 2. The Morgan fingerprint density at radius 2 is 1.23 bits per heavy atom. The molecule has 2 aromatic rings. The number of nitrogens with one attached hydrogen (secondary N) is 1. The summed E-state index contributed by atoms with van der Waals surface area (Å²) in [5.41, 5.74) is 0.874. The predicted octanol–water partition coefficient (Wildman–Crippen LogP) is -0.606. The summed E-state index contributed by atoms with van der Waals surface area (Å²) in [4.78, 5) is 65.5. The molecular weight excluding hydrogens is 456 g/mol. The van der Waals surface area contributed by atoms with Crippen molar-refractivity contribution < 1.29 is 49.2 Å². The molecule has 0 saturated carbocycles. The third kappa shape index (κ3) is 6.12. The summed E-state index contributed by atoms with van der Waals surface area (Å²) >= 11 is 0. The smallest absolute Gasteiger partial charge is 0.194 e. The maximum Gasteiger partial charge on any atom is 0.194 e. The van der Waals surface area contributed by atoms with E-state index in [1.807, 2.05) is 0 Å². The summed E-state index contributed by atoms with van der Waals surface area (Å²) < 4.78 is 22.4. The van der Waals surface area contributed by atoms with E-state index < -0.39 is 32.9 Å². The van der Waals surface area contributed by atoms with Gasteiger partial charge in [0.25, 0.3) is 0 Å². The third-order valence-electron chi connectivity index (χ3n) is 4.17. The minimum Gasteiger partial charge on any atom is -0.778 e. The molecule has 31 heavy (non-hydrogen) atoms. The fourth-order valence-electron chi connectivity index (χ4n) is 2.83. The average Bonchev–Trinajstić information content (AvgIpc) is 2.57. The molecule has 0 aliphatic heterocycles. The van der Waals surface area contributed by atoms with Crippen molar-refractivity contribution in [2.24, 2.45) is 0 Å². The van der Waals surface area contributed by atoms with Gasteiger partial charge in [0.05, 0.1) is 0 Å². The first-order valence-electron chi connectivity index (χ1n) is 7.63. The van der Waals surface area contributed by atoms with Crippen molar-refractivity contribution in [1.82, 2.24) is 12.3 Å². The Morgan fingerprint density at radius 3 is 1.68 bits per heavy atom. The topological polar surface area (TPSA) is 303 Å². The second-order valence-electron chi connectivity index (χ2n) is 5.95. The molecule has 2 aromatic carbocycles. The van der Waals surface area contributed by atoms with Gasteiger partial charge in [0.2, 0.25) is 0 Å². The van der Waals surface area contributed by atoms with Crippen LogP contribution >= 0.6 is 15.2 Å². The van der Waals surface area contributed by atoms with Gasteiger partial charge in [0.15, 0.2) is 11.6 Å². The largest absolute Gasteiger partial charge is 0.778 e. The Kier molecular flexibility index (Phi) is 10.8. The van der Waals surface area contributed by atoms with Gasteiger partial charge in [-0.1, -0.05) is 24.3 Å². The van der Waals surface area contributed by atoms with E-state index in [0.29, 0.717) is 0 Å². The Bertz CT molecular complexity index is 1030. The van der Waals surface area contributed by atoms with Gasteiger partial charge in [0, 0.05) is 34.5 Å². The first-order valence-corrected chi connectivity index (χ1v) is 10.9. The zero-order valence-electron chi connectivity index (χ0n) is 16.6. The lowest BCUT2D eigenvalue weighted by atomic mass is 9.84. The van der Waals surface area contributed by atoms with Gasteiger partial charge in [-0.3, -0.25) is 9.59 Å². The molecule has 15 N–H and O–H groups in total. The molecule has 1 aliphatic carbocycles. The zero-order chi connectivity index (χ0) is 20.0. The van der Waals surface area contributed by atoms with E-state index in [4.69, 9.17) is 9.79 Å². The van der Waals surface area contributed by atoms with E-state index in [2.05, 4.69) is 5.32 Å². The minimum atomic E-state index is -5.38. The van der Waals surface area contributed by atoms with E-state index in [0.717, 1.165) is 0 Å². The molecule has 0 spiro atoms. The number of ketones is 2. The van der Waals surface area contributed by atoms with Crippen molar-refractivity contribution in [3.63, 3.8) is 0 Å². The average molecular weight is 481 g/mol. The lowest BCUT2D eigenvalue weighted by Crippen LogP contribution is -2.29. The molecule has 2 unspecified atom stereocenters. The van der Waals surface area contributed by atoms with Crippen LogP contribution in [0, 0.1) is 0 Å². The SMILES string of the molecule is O.O.O=C1c2ccccc2C(=O)c2cc(NCC(P(=O)([O-])O)P(=O)([O-])O)ccc21.[NH4+].[NH4+]. The first-order chi connectivity index (χ1) is 12.5. The molecule has 1 aliphatic rings. The van der Waals surface area contributed by atoms with Crippen molar-refractivity contribution in [2.75, 3.05) is 11.9 Å². The number of hydrogen-bond acceptors (Lipinski definition) is 7. The summed E-state index contributed by atoms with van der Waals surface area (Å²) in [5.74, 6) is -0.753. The Hall–Kier alpha value is -2.28. The van der Waals surface area contributed by atoms with Crippen LogP contribution in [0.3, 0.4) is 0 Å². The normalized spacial score (nSPS) is 16.3. The minimum absolute atomic E-state index is 0. The Morgan fingerprint density at radius 1 is 0.806 bits per heavy atom. The molecule has 0 fully saturated rings. The van der Waals surface area contributed by atoms with E-state index in [1.54, 1.807) is 12.1 Å². The maximum absolute atomic E-state index is 12.6. The summed E-state index contributed by atoms with van der Waals surface area (Å²) in [6.07, 6.45) is 0. The van der Waals surface area contributed by atoms with Gasteiger partial charge >= 0.3 is 0 Å². The molecule has 0 bridgehead atoms. The van der Waals surface area contributed by atoms with Crippen LogP contribution in [0.5, 0.6) is 0 Å². The number of rotatable bonds is 5. The molecule has 2 atom stereocenters. The number of hydrogen-bond donors (Lipinski definition) is 5. The van der Waals surface area contributed by atoms with E-state index in [9.17, 15) is 28.5 Å². The van der Waals surface area contributed by atoms with E-state index >= 15 is 0 Å². The van der Waals surface area contributed by atoms with E-state index in [1.165, 1.54) is 30.3 Å². The van der Waals surface area contributed by atoms with Crippen LogP contribution in [0.25, 0.3) is 0 Å². The van der Waals surface area contributed by atoms with Crippen LogP contribution in [0.2, 0.25) is 0 Å². The Labute approximate surface area is 176 Å². The van der Waals surface area contributed by atoms with Crippen molar-refractivity contribution in [3.8, 4) is 0 Å². The fourth-order valence-corrected chi connectivity index (χ4v) is 4.95. The van der Waals surface area contributed by atoms with Crippen molar-refractivity contribution in [1.29, 1.82) is 0 Å². The lowest BCUT2D eigenvalue weighted by Gasteiger charge is -2.34. The standard InChI is InChI=1S/C16H15NO8P2.2H3N.2H2O/c18-15-10-3-1-2-4-11(10)16(19)13-7-9(5-6-12(13)15)17-8-14(26(20,21)22)27(23,24)25;;;;/h1-7,14,17H,8H2,(H2,20,21,22)(H2,23,24,25);2*1H3;2*1H2. The Balaban J connectivity index is 0. The van der Waals surface area contributed by atoms with E-state index in [-0.39, 0.29) is 57.0 Å². The number of carbonyl (C=O) groups is 2. The number of benzene rings is 2. The maximum atomic E-state index is 12.6. The molecular formula is C16H25N3O10P2. The quantitative estimate of drug-likeness (QED) is 0.290.